The summed E-state index contributed by atoms with van der Waals surface area (Å²) in [4.78, 5) is 2.20. The Hall–Kier alpha value is -0.120. The van der Waals surface area contributed by atoms with Crippen LogP contribution in [-0.4, -0.2) is 49.0 Å². The van der Waals surface area contributed by atoms with Crippen LogP contribution in [0.2, 0.25) is 0 Å². The summed E-state index contributed by atoms with van der Waals surface area (Å²) in [6.07, 6.45) is 0. The van der Waals surface area contributed by atoms with Crippen LogP contribution in [0, 0.1) is 5.92 Å². The molecule has 0 spiro atoms. The van der Waals surface area contributed by atoms with Gasteiger partial charge in [0.05, 0.1) is 18.8 Å². The molecule has 1 aliphatic rings. The quantitative estimate of drug-likeness (QED) is 0.698. The molecule has 1 rings (SSSR count). The molecule has 0 aromatic heterocycles. The SMILES string of the molecule is CC.CN1CCOCC(C(C)(C)O)C1. The van der Waals surface area contributed by atoms with Crippen molar-refractivity contribution in [2.24, 2.45) is 5.92 Å². The van der Waals surface area contributed by atoms with Crippen molar-refractivity contribution in [3.63, 3.8) is 0 Å². The Morgan fingerprint density at radius 2 is 1.93 bits per heavy atom. The molecule has 1 atom stereocenters. The van der Waals surface area contributed by atoms with Crippen molar-refractivity contribution in [3.05, 3.63) is 0 Å². The predicted molar refractivity (Wildman–Crippen MR) is 59.5 cm³/mol. The van der Waals surface area contributed by atoms with Crippen LogP contribution in [0.1, 0.15) is 27.7 Å². The van der Waals surface area contributed by atoms with Crippen LogP contribution >= 0.6 is 0 Å². The zero-order valence-electron chi connectivity index (χ0n) is 10.2. The highest BCUT2D eigenvalue weighted by Crippen LogP contribution is 2.19. The van der Waals surface area contributed by atoms with E-state index in [0.717, 1.165) is 19.7 Å². The van der Waals surface area contributed by atoms with Gasteiger partial charge in [-0.25, -0.2) is 0 Å². The third-order valence-electron chi connectivity index (χ3n) is 2.47. The number of aliphatic hydroxyl groups is 1. The molecule has 86 valence electrons. The molecule has 0 aromatic carbocycles. The zero-order valence-corrected chi connectivity index (χ0v) is 10.2. The molecule has 3 heteroatoms. The maximum Gasteiger partial charge on any atom is 0.0654 e. The second-order valence-electron chi connectivity index (χ2n) is 4.19. The minimum Gasteiger partial charge on any atom is -0.390 e. The summed E-state index contributed by atoms with van der Waals surface area (Å²) in [5.74, 6) is 0.227. The highest BCUT2D eigenvalue weighted by Gasteiger charge is 2.29. The van der Waals surface area contributed by atoms with E-state index in [9.17, 15) is 5.11 Å². The van der Waals surface area contributed by atoms with Gasteiger partial charge in [-0.2, -0.15) is 0 Å². The number of hydrogen-bond donors (Lipinski definition) is 1. The largest absolute Gasteiger partial charge is 0.390 e. The van der Waals surface area contributed by atoms with Crippen molar-refractivity contribution in [2.45, 2.75) is 33.3 Å². The number of likely N-dealkylation sites (N-methyl/N-ethyl adjacent to an activating group) is 1. The van der Waals surface area contributed by atoms with Gasteiger partial charge in [-0.15, -0.1) is 0 Å². The van der Waals surface area contributed by atoms with Crippen molar-refractivity contribution in [2.75, 3.05) is 33.4 Å². The number of nitrogens with zero attached hydrogens (tertiary/aromatic N) is 1. The summed E-state index contributed by atoms with van der Waals surface area (Å²) in [6, 6.07) is 0. The fraction of sp³-hybridized carbons (Fsp3) is 1.00. The summed E-state index contributed by atoms with van der Waals surface area (Å²) >= 11 is 0. The van der Waals surface area contributed by atoms with E-state index in [1.165, 1.54) is 0 Å². The Morgan fingerprint density at radius 3 is 2.43 bits per heavy atom. The fourth-order valence-corrected chi connectivity index (χ4v) is 1.39. The molecule has 0 radical (unpaired) electrons. The average molecular weight is 203 g/mol. The smallest absolute Gasteiger partial charge is 0.0654 e. The van der Waals surface area contributed by atoms with Crippen molar-refractivity contribution < 1.29 is 9.84 Å². The van der Waals surface area contributed by atoms with E-state index in [2.05, 4.69) is 11.9 Å². The van der Waals surface area contributed by atoms with Crippen LogP contribution in [0.4, 0.5) is 0 Å². The van der Waals surface area contributed by atoms with Crippen molar-refractivity contribution in [1.29, 1.82) is 0 Å². The van der Waals surface area contributed by atoms with Gasteiger partial charge in [-0.1, -0.05) is 13.8 Å². The van der Waals surface area contributed by atoms with E-state index >= 15 is 0 Å². The Morgan fingerprint density at radius 1 is 1.36 bits per heavy atom. The molecule has 1 unspecified atom stereocenters. The van der Waals surface area contributed by atoms with Crippen molar-refractivity contribution in [1.82, 2.24) is 4.90 Å². The third-order valence-corrected chi connectivity index (χ3v) is 2.47. The maximum atomic E-state index is 9.78. The first kappa shape index (κ1) is 13.9. The molecule has 0 aromatic rings. The highest BCUT2D eigenvalue weighted by atomic mass is 16.5. The topological polar surface area (TPSA) is 32.7 Å². The molecule has 14 heavy (non-hydrogen) atoms. The van der Waals surface area contributed by atoms with Crippen LogP contribution < -0.4 is 0 Å². The number of ether oxygens (including phenoxy) is 1. The summed E-state index contributed by atoms with van der Waals surface area (Å²) in [5.41, 5.74) is -0.626. The van der Waals surface area contributed by atoms with E-state index in [0.29, 0.717) is 6.61 Å². The summed E-state index contributed by atoms with van der Waals surface area (Å²) < 4.78 is 5.40. The first-order valence-electron chi connectivity index (χ1n) is 5.49. The molecule has 0 saturated carbocycles. The Labute approximate surface area is 88.1 Å². The molecule has 1 fully saturated rings. The van der Waals surface area contributed by atoms with Crippen LogP contribution in [0.5, 0.6) is 0 Å². The monoisotopic (exact) mass is 203 g/mol. The van der Waals surface area contributed by atoms with E-state index in [1.54, 1.807) is 0 Å². The summed E-state index contributed by atoms with van der Waals surface area (Å²) in [7, 11) is 2.06. The average Bonchev–Trinajstić information content (AvgIpc) is 2.32. The minimum absolute atomic E-state index is 0.227. The van der Waals surface area contributed by atoms with Gasteiger partial charge >= 0.3 is 0 Å². The van der Waals surface area contributed by atoms with Crippen LogP contribution in [0.15, 0.2) is 0 Å². The van der Waals surface area contributed by atoms with Crippen LogP contribution in [-0.2, 0) is 4.74 Å². The van der Waals surface area contributed by atoms with Gasteiger partial charge in [0.15, 0.2) is 0 Å². The van der Waals surface area contributed by atoms with E-state index in [1.807, 2.05) is 27.7 Å². The van der Waals surface area contributed by atoms with Gasteiger partial charge < -0.3 is 14.7 Å². The van der Waals surface area contributed by atoms with Crippen LogP contribution in [0.3, 0.4) is 0 Å². The first-order valence-corrected chi connectivity index (χ1v) is 5.49. The van der Waals surface area contributed by atoms with Crippen molar-refractivity contribution in [3.8, 4) is 0 Å². The molecular formula is C11H25NO2. The molecule has 0 amide bonds. The molecule has 1 N–H and O–H groups in total. The standard InChI is InChI=1S/C9H19NO2.C2H6/c1-9(2,11)8-6-10(3)4-5-12-7-8;1-2/h8,11H,4-7H2,1-3H3;1-2H3. The Balaban J connectivity index is 0.000000791. The van der Waals surface area contributed by atoms with Crippen LogP contribution in [0.25, 0.3) is 0 Å². The lowest BCUT2D eigenvalue weighted by Gasteiger charge is -2.29. The predicted octanol–water partition coefficient (Wildman–Crippen LogP) is 1.36. The lowest BCUT2D eigenvalue weighted by molar-refractivity contribution is -0.0207. The van der Waals surface area contributed by atoms with Gasteiger partial charge in [0.2, 0.25) is 0 Å². The lowest BCUT2D eigenvalue weighted by Crippen LogP contribution is -2.39. The number of rotatable bonds is 1. The number of hydrogen-bond acceptors (Lipinski definition) is 3. The summed E-state index contributed by atoms with van der Waals surface area (Å²) in [6.45, 7) is 11.0. The Bertz CT molecular complexity index is 143. The molecular weight excluding hydrogens is 178 g/mol. The van der Waals surface area contributed by atoms with E-state index < -0.39 is 5.60 Å². The van der Waals surface area contributed by atoms with E-state index in [4.69, 9.17) is 4.74 Å². The third kappa shape index (κ3) is 4.94. The fourth-order valence-electron chi connectivity index (χ4n) is 1.39. The van der Waals surface area contributed by atoms with E-state index in [-0.39, 0.29) is 5.92 Å². The minimum atomic E-state index is -0.626. The zero-order chi connectivity index (χ0) is 11.2. The van der Waals surface area contributed by atoms with Gasteiger partial charge in [0, 0.05) is 19.0 Å². The molecule has 3 nitrogen and oxygen atoms in total. The lowest BCUT2D eigenvalue weighted by atomic mass is 9.91. The molecule has 0 bridgehead atoms. The molecule has 1 aliphatic heterocycles. The van der Waals surface area contributed by atoms with Gasteiger partial charge in [0.25, 0.3) is 0 Å². The van der Waals surface area contributed by atoms with Gasteiger partial charge in [-0.3, -0.25) is 0 Å². The van der Waals surface area contributed by atoms with Gasteiger partial charge in [-0.05, 0) is 20.9 Å². The maximum absolute atomic E-state index is 9.78. The normalized spacial score (nSPS) is 24.9. The second kappa shape index (κ2) is 6.38. The van der Waals surface area contributed by atoms with Gasteiger partial charge in [0.1, 0.15) is 0 Å². The molecule has 0 aliphatic carbocycles. The summed E-state index contributed by atoms with van der Waals surface area (Å²) in [5, 5.41) is 9.78. The molecule has 1 saturated heterocycles. The van der Waals surface area contributed by atoms with Crippen molar-refractivity contribution >= 4 is 0 Å². The Kier molecular flexibility index (Phi) is 6.33. The first-order chi connectivity index (χ1) is 6.50. The second-order valence-corrected chi connectivity index (χ2v) is 4.19. The highest BCUT2D eigenvalue weighted by molar-refractivity contribution is 4.80. The molecule has 1 heterocycles.